The van der Waals surface area contributed by atoms with Gasteiger partial charge in [-0.05, 0) is 13.3 Å². The van der Waals surface area contributed by atoms with Gasteiger partial charge in [0.1, 0.15) is 5.76 Å². The van der Waals surface area contributed by atoms with Crippen LogP contribution in [0.4, 0.5) is 0 Å². The van der Waals surface area contributed by atoms with Crippen molar-refractivity contribution in [1.82, 2.24) is 10.5 Å². The van der Waals surface area contributed by atoms with Gasteiger partial charge >= 0.3 is 0 Å². The van der Waals surface area contributed by atoms with E-state index in [1.807, 2.05) is 6.92 Å². The largest absolute Gasteiger partial charge is 0.392 e. The van der Waals surface area contributed by atoms with Gasteiger partial charge < -0.3 is 15.6 Å². The van der Waals surface area contributed by atoms with Gasteiger partial charge in [-0.1, -0.05) is 30.7 Å². The maximum absolute atomic E-state index is 11.7. The molecular formula is C10H15N3O2S. The summed E-state index contributed by atoms with van der Waals surface area (Å²) in [4.78, 5) is 12.0. The van der Waals surface area contributed by atoms with Gasteiger partial charge in [0.15, 0.2) is 5.69 Å². The highest BCUT2D eigenvalue weighted by Gasteiger charge is 2.17. The lowest BCUT2D eigenvalue weighted by atomic mass is 10.1. The second kappa shape index (κ2) is 5.60. The molecule has 0 saturated carbocycles. The summed E-state index contributed by atoms with van der Waals surface area (Å²) in [5, 5.41) is 6.34. The molecule has 1 rings (SSSR count). The Morgan fingerprint density at radius 2 is 2.44 bits per heavy atom. The lowest BCUT2D eigenvalue weighted by molar-refractivity contribution is 0.0936. The standard InChI is InChI=1S/C10H15N3O2S/c1-3-4-7(9(11)16)12-10(14)8-5-6(2)15-13-8/h5,7H,3-4H2,1-2H3,(H2,11,16)(H,12,14). The summed E-state index contributed by atoms with van der Waals surface area (Å²) < 4.78 is 4.81. The second-order valence-corrected chi connectivity index (χ2v) is 4.01. The predicted octanol–water partition coefficient (Wildman–Crippen LogP) is 1.17. The molecule has 0 radical (unpaired) electrons. The lowest BCUT2D eigenvalue weighted by Crippen LogP contribution is -2.43. The van der Waals surface area contributed by atoms with E-state index in [0.717, 1.165) is 12.8 Å². The number of nitrogens with zero attached hydrogens (tertiary/aromatic N) is 1. The first kappa shape index (κ1) is 12.6. The van der Waals surface area contributed by atoms with Crippen LogP contribution in [0, 0.1) is 6.92 Å². The molecule has 0 aliphatic heterocycles. The van der Waals surface area contributed by atoms with Gasteiger partial charge in [0.25, 0.3) is 5.91 Å². The molecule has 6 heteroatoms. The molecule has 1 heterocycles. The van der Waals surface area contributed by atoms with Gasteiger partial charge in [0, 0.05) is 6.07 Å². The fourth-order valence-electron chi connectivity index (χ4n) is 1.28. The third kappa shape index (κ3) is 3.30. The zero-order valence-electron chi connectivity index (χ0n) is 9.32. The molecule has 1 atom stereocenters. The van der Waals surface area contributed by atoms with Gasteiger partial charge in [-0.2, -0.15) is 0 Å². The maximum atomic E-state index is 11.7. The molecule has 0 bridgehead atoms. The minimum Gasteiger partial charge on any atom is -0.392 e. The molecule has 16 heavy (non-hydrogen) atoms. The number of nitrogens with one attached hydrogen (secondary N) is 1. The zero-order chi connectivity index (χ0) is 12.1. The Balaban J connectivity index is 2.65. The van der Waals surface area contributed by atoms with E-state index in [0.29, 0.717) is 5.76 Å². The number of carbonyl (C=O) groups is 1. The Labute approximate surface area is 99.4 Å². The zero-order valence-corrected chi connectivity index (χ0v) is 10.1. The first-order valence-corrected chi connectivity index (χ1v) is 5.49. The van der Waals surface area contributed by atoms with Crippen LogP contribution in [0.2, 0.25) is 0 Å². The van der Waals surface area contributed by atoms with Crippen LogP contribution in [-0.4, -0.2) is 22.1 Å². The Bertz CT molecular complexity index is 389. The molecular weight excluding hydrogens is 226 g/mol. The topological polar surface area (TPSA) is 81.2 Å². The number of nitrogens with two attached hydrogens (primary N) is 1. The first-order chi connectivity index (χ1) is 7.54. The summed E-state index contributed by atoms with van der Waals surface area (Å²) in [6.45, 7) is 3.72. The van der Waals surface area contributed by atoms with Crippen molar-refractivity contribution in [3.63, 3.8) is 0 Å². The SMILES string of the molecule is CCCC(NC(=O)c1cc(C)on1)C(N)=S. The van der Waals surface area contributed by atoms with Crippen LogP contribution in [0.15, 0.2) is 10.6 Å². The third-order valence-electron chi connectivity index (χ3n) is 2.09. The van der Waals surface area contributed by atoms with Crippen LogP contribution >= 0.6 is 12.2 Å². The van der Waals surface area contributed by atoms with E-state index in [4.69, 9.17) is 22.5 Å². The normalized spacial score (nSPS) is 12.1. The van der Waals surface area contributed by atoms with Crippen molar-refractivity contribution in [2.75, 3.05) is 0 Å². The molecule has 0 aliphatic carbocycles. The van der Waals surface area contributed by atoms with Crippen molar-refractivity contribution < 1.29 is 9.32 Å². The van der Waals surface area contributed by atoms with Gasteiger partial charge in [0.05, 0.1) is 11.0 Å². The molecule has 1 unspecified atom stereocenters. The van der Waals surface area contributed by atoms with Crippen molar-refractivity contribution in [1.29, 1.82) is 0 Å². The van der Waals surface area contributed by atoms with Crippen molar-refractivity contribution in [2.24, 2.45) is 5.73 Å². The number of aromatic nitrogens is 1. The smallest absolute Gasteiger partial charge is 0.274 e. The molecule has 1 aromatic heterocycles. The van der Waals surface area contributed by atoms with Crippen LogP contribution in [0.25, 0.3) is 0 Å². The van der Waals surface area contributed by atoms with E-state index < -0.39 is 0 Å². The highest BCUT2D eigenvalue weighted by atomic mass is 32.1. The average molecular weight is 241 g/mol. The molecule has 1 aromatic rings. The van der Waals surface area contributed by atoms with Crippen molar-refractivity contribution in [2.45, 2.75) is 32.7 Å². The second-order valence-electron chi connectivity index (χ2n) is 3.54. The van der Waals surface area contributed by atoms with Gasteiger partial charge in [-0.25, -0.2) is 0 Å². The van der Waals surface area contributed by atoms with Gasteiger partial charge in [-0.15, -0.1) is 0 Å². The van der Waals surface area contributed by atoms with E-state index in [1.165, 1.54) is 0 Å². The Morgan fingerprint density at radius 3 is 2.88 bits per heavy atom. The summed E-state index contributed by atoms with van der Waals surface area (Å²) in [6.07, 6.45) is 1.61. The minimum atomic E-state index is -0.317. The molecule has 0 spiro atoms. The highest BCUT2D eigenvalue weighted by Crippen LogP contribution is 2.03. The van der Waals surface area contributed by atoms with Crippen LogP contribution < -0.4 is 11.1 Å². The minimum absolute atomic E-state index is 0.245. The van der Waals surface area contributed by atoms with Crippen LogP contribution in [0.3, 0.4) is 0 Å². The van der Waals surface area contributed by atoms with E-state index in [-0.39, 0.29) is 22.6 Å². The number of carbonyl (C=O) groups excluding carboxylic acids is 1. The molecule has 0 fully saturated rings. The first-order valence-electron chi connectivity index (χ1n) is 5.08. The van der Waals surface area contributed by atoms with Crippen LogP contribution in [0.5, 0.6) is 0 Å². The highest BCUT2D eigenvalue weighted by molar-refractivity contribution is 7.80. The number of hydrogen-bond donors (Lipinski definition) is 2. The number of rotatable bonds is 5. The predicted molar refractivity (Wildman–Crippen MR) is 64.2 cm³/mol. The average Bonchev–Trinajstić information content (AvgIpc) is 2.64. The van der Waals surface area contributed by atoms with Crippen LogP contribution in [0.1, 0.15) is 36.0 Å². The van der Waals surface area contributed by atoms with Crippen molar-refractivity contribution in [3.8, 4) is 0 Å². The molecule has 5 nitrogen and oxygen atoms in total. The molecule has 0 saturated heterocycles. The molecule has 0 aromatic carbocycles. The van der Waals surface area contributed by atoms with E-state index in [2.05, 4.69) is 10.5 Å². The van der Waals surface area contributed by atoms with Crippen LogP contribution in [-0.2, 0) is 0 Å². The van der Waals surface area contributed by atoms with Gasteiger partial charge in [0.2, 0.25) is 0 Å². The Kier molecular flexibility index (Phi) is 4.42. The van der Waals surface area contributed by atoms with Gasteiger partial charge in [-0.3, -0.25) is 4.79 Å². The third-order valence-corrected chi connectivity index (χ3v) is 2.37. The molecule has 0 aliphatic rings. The monoisotopic (exact) mass is 241 g/mol. The fourth-order valence-corrected chi connectivity index (χ4v) is 1.46. The van der Waals surface area contributed by atoms with E-state index in [1.54, 1.807) is 13.0 Å². The number of amides is 1. The van der Waals surface area contributed by atoms with Crippen molar-refractivity contribution in [3.05, 3.63) is 17.5 Å². The Morgan fingerprint density at radius 1 is 1.75 bits per heavy atom. The summed E-state index contributed by atoms with van der Waals surface area (Å²) in [7, 11) is 0. The summed E-state index contributed by atoms with van der Waals surface area (Å²) in [5.41, 5.74) is 5.77. The fraction of sp³-hybridized carbons (Fsp3) is 0.500. The molecule has 88 valence electrons. The summed E-state index contributed by atoms with van der Waals surface area (Å²) in [5.74, 6) is 0.274. The number of thiocarbonyl (C=S) groups is 1. The summed E-state index contributed by atoms with van der Waals surface area (Å²) >= 11 is 4.88. The maximum Gasteiger partial charge on any atom is 0.274 e. The molecule has 3 N–H and O–H groups in total. The lowest BCUT2D eigenvalue weighted by Gasteiger charge is -2.15. The quantitative estimate of drug-likeness (QED) is 0.756. The molecule has 1 amide bonds. The van der Waals surface area contributed by atoms with E-state index in [9.17, 15) is 4.79 Å². The number of hydrogen-bond acceptors (Lipinski definition) is 4. The Hall–Kier alpha value is -1.43. The van der Waals surface area contributed by atoms with E-state index >= 15 is 0 Å². The summed E-state index contributed by atoms with van der Waals surface area (Å²) in [6, 6.07) is 1.28. The van der Waals surface area contributed by atoms with Crippen molar-refractivity contribution >= 4 is 23.1 Å². The number of aryl methyl sites for hydroxylation is 1.